The number of carbonyl (C=O) groups is 3. The summed E-state index contributed by atoms with van der Waals surface area (Å²) in [7, 11) is 2.61. The van der Waals surface area contributed by atoms with Crippen molar-refractivity contribution in [1.82, 2.24) is 9.88 Å². The van der Waals surface area contributed by atoms with Crippen LogP contribution in [0.1, 0.15) is 21.5 Å². The van der Waals surface area contributed by atoms with Crippen LogP contribution < -0.4 is 5.32 Å². The number of methoxy groups -OCH3 is 1. The fraction of sp³-hybridized carbons (Fsp3) is 0.222. The van der Waals surface area contributed by atoms with Crippen LogP contribution in [0.5, 0.6) is 0 Å². The van der Waals surface area contributed by atoms with Crippen molar-refractivity contribution in [3.05, 3.63) is 59.4 Å². The molecule has 2 amide bonds. The van der Waals surface area contributed by atoms with E-state index in [1.807, 2.05) is 0 Å². The minimum absolute atomic E-state index is 0.0501. The predicted molar refractivity (Wildman–Crippen MR) is 92.1 cm³/mol. The Morgan fingerprint density at radius 2 is 1.79 bits per heavy atom. The molecule has 1 heterocycles. The lowest BCUT2D eigenvalue weighted by atomic mass is 10.1. The van der Waals surface area contributed by atoms with Gasteiger partial charge in [0.25, 0.3) is 0 Å². The molecular formula is C18H16F3N3O4. The maximum absolute atomic E-state index is 12.7. The summed E-state index contributed by atoms with van der Waals surface area (Å²) in [4.78, 5) is 40.1. The van der Waals surface area contributed by atoms with E-state index in [2.05, 4.69) is 15.0 Å². The van der Waals surface area contributed by atoms with Crippen molar-refractivity contribution in [3.8, 4) is 0 Å². The van der Waals surface area contributed by atoms with E-state index < -0.39 is 29.5 Å². The van der Waals surface area contributed by atoms with Crippen molar-refractivity contribution in [2.45, 2.75) is 12.7 Å². The van der Waals surface area contributed by atoms with Gasteiger partial charge in [0.2, 0.25) is 0 Å². The number of likely N-dealkylation sites (N-methyl/N-ethyl adjacent to an activating group) is 1. The number of nitrogens with one attached hydrogen (secondary N) is 1. The number of amides is 2. The van der Waals surface area contributed by atoms with Gasteiger partial charge in [-0.25, -0.2) is 4.79 Å². The van der Waals surface area contributed by atoms with Gasteiger partial charge < -0.3 is 15.0 Å². The van der Waals surface area contributed by atoms with Gasteiger partial charge in [0.1, 0.15) is 0 Å². The standard InChI is InChI=1S/C18H16F3N3O4/c1-24(10-11-3-5-12(6-4-11)17(27)28-2)16(26)15(25)23-14-7-13(8-22-9-14)18(19,20)21/h3-9H,10H2,1-2H3,(H,23,25). The van der Waals surface area contributed by atoms with Crippen molar-refractivity contribution in [3.63, 3.8) is 0 Å². The minimum atomic E-state index is -4.62. The van der Waals surface area contributed by atoms with Crippen LogP contribution >= 0.6 is 0 Å². The van der Waals surface area contributed by atoms with E-state index in [4.69, 9.17) is 0 Å². The van der Waals surface area contributed by atoms with Crippen LogP contribution in [0.2, 0.25) is 0 Å². The molecule has 0 aliphatic heterocycles. The van der Waals surface area contributed by atoms with Gasteiger partial charge in [-0.05, 0) is 23.8 Å². The van der Waals surface area contributed by atoms with Gasteiger partial charge in [-0.3, -0.25) is 14.6 Å². The third-order valence-corrected chi connectivity index (χ3v) is 3.66. The number of benzene rings is 1. The normalized spacial score (nSPS) is 10.9. The quantitative estimate of drug-likeness (QED) is 0.635. The van der Waals surface area contributed by atoms with Crippen LogP contribution in [-0.4, -0.2) is 41.8 Å². The first-order chi connectivity index (χ1) is 13.1. The van der Waals surface area contributed by atoms with Crippen LogP contribution in [0.4, 0.5) is 18.9 Å². The van der Waals surface area contributed by atoms with Gasteiger partial charge in [-0.15, -0.1) is 0 Å². The molecule has 0 aliphatic rings. The third-order valence-electron chi connectivity index (χ3n) is 3.66. The predicted octanol–water partition coefficient (Wildman–Crippen LogP) is 2.48. The summed E-state index contributed by atoms with van der Waals surface area (Å²) in [5.41, 5.74) is -0.326. The minimum Gasteiger partial charge on any atom is -0.465 e. The molecule has 2 rings (SSSR count). The number of ether oxygens (including phenoxy) is 1. The van der Waals surface area contributed by atoms with Crippen molar-refractivity contribution < 1.29 is 32.3 Å². The van der Waals surface area contributed by atoms with Gasteiger partial charge in [-0.2, -0.15) is 13.2 Å². The van der Waals surface area contributed by atoms with E-state index >= 15 is 0 Å². The van der Waals surface area contributed by atoms with E-state index in [0.29, 0.717) is 23.4 Å². The molecule has 148 valence electrons. The van der Waals surface area contributed by atoms with Gasteiger partial charge in [-0.1, -0.05) is 12.1 Å². The summed E-state index contributed by atoms with van der Waals surface area (Å²) < 4.78 is 42.6. The van der Waals surface area contributed by atoms with Crippen molar-refractivity contribution in [1.29, 1.82) is 0 Å². The number of pyridine rings is 1. The maximum Gasteiger partial charge on any atom is 0.417 e. The number of anilines is 1. The second kappa shape index (κ2) is 8.51. The van der Waals surface area contributed by atoms with E-state index in [1.54, 1.807) is 12.1 Å². The molecule has 2 aromatic rings. The first kappa shape index (κ1) is 20.9. The van der Waals surface area contributed by atoms with Crippen molar-refractivity contribution in [2.24, 2.45) is 0 Å². The lowest BCUT2D eigenvalue weighted by molar-refractivity contribution is -0.142. The van der Waals surface area contributed by atoms with Crippen molar-refractivity contribution >= 4 is 23.5 Å². The first-order valence-electron chi connectivity index (χ1n) is 7.87. The monoisotopic (exact) mass is 395 g/mol. The summed E-state index contributed by atoms with van der Waals surface area (Å²) in [6.07, 6.45) is -3.00. The Labute approximate surface area is 158 Å². The lowest BCUT2D eigenvalue weighted by Gasteiger charge is -2.17. The van der Waals surface area contributed by atoms with E-state index in [1.165, 1.54) is 26.3 Å². The molecule has 1 aromatic carbocycles. The lowest BCUT2D eigenvalue weighted by Crippen LogP contribution is -2.36. The van der Waals surface area contributed by atoms with E-state index in [-0.39, 0.29) is 12.2 Å². The Balaban J connectivity index is 2.01. The molecule has 0 saturated heterocycles. The Morgan fingerprint density at radius 3 is 2.36 bits per heavy atom. The van der Waals surface area contributed by atoms with Crippen LogP contribution in [0.3, 0.4) is 0 Å². The molecular weight excluding hydrogens is 379 g/mol. The summed E-state index contributed by atoms with van der Waals surface area (Å²) in [6.45, 7) is 0.0501. The van der Waals surface area contributed by atoms with Gasteiger partial charge in [0.05, 0.1) is 30.1 Å². The number of rotatable bonds is 4. The molecule has 28 heavy (non-hydrogen) atoms. The zero-order valence-corrected chi connectivity index (χ0v) is 14.9. The molecule has 1 aromatic heterocycles. The SMILES string of the molecule is COC(=O)c1ccc(CN(C)C(=O)C(=O)Nc2cncc(C(F)(F)F)c2)cc1. The molecule has 0 fully saturated rings. The zero-order valence-electron chi connectivity index (χ0n) is 14.9. The molecule has 0 spiro atoms. The highest BCUT2D eigenvalue weighted by Gasteiger charge is 2.31. The van der Waals surface area contributed by atoms with Crippen molar-refractivity contribution in [2.75, 3.05) is 19.5 Å². The molecule has 0 atom stereocenters. The van der Waals surface area contributed by atoms with Crippen LogP contribution in [-0.2, 0) is 27.0 Å². The molecule has 7 nitrogen and oxygen atoms in total. The average molecular weight is 395 g/mol. The second-order valence-electron chi connectivity index (χ2n) is 5.76. The summed E-state index contributed by atoms with van der Waals surface area (Å²) in [6, 6.07) is 6.88. The maximum atomic E-state index is 12.7. The van der Waals surface area contributed by atoms with Crippen LogP contribution in [0.25, 0.3) is 0 Å². The fourth-order valence-corrected chi connectivity index (χ4v) is 2.23. The number of alkyl halides is 3. The summed E-state index contributed by atoms with van der Waals surface area (Å²) in [5, 5.41) is 2.10. The third kappa shape index (κ3) is 5.29. The zero-order chi connectivity index (χ0) is 20.9. The number of nitrogens with zero attached hydrogens (tertiary/aromatic N) is 2. The number of esters is 1. The first-order valence-corrected chi connectivity index (χ1v) is 7.87. The molecule has 0 unspecified atom stereocenters. The number of hydrogen-bond donors (Lipinski definition) is 1. The van der Waals surface area contributed by atoms with Gasteiger partial charge in [0, 0.05) is 19.8 Å². The summed E-state index contributed by atoms with van der Waals surface area (Å²) >= 11 is 0. The van der Waals surface area contributed by atoms with E-state index in [0.717, 1.165) is 11.1 Å². The highest BCUT2D eigenvalue weighted by Crippen LogP contribution is 2.29. The second-order valence-corrected chi connectivity index (χ2v) is 5.76. The number of hydrogen-bond acceptors (Lipinski definition) is 5. The topological polar surface area (TPSA) is 88.6 Å². The number of carbonyl (C=O) groups excluding carboxylic acids is 3. The van der Waals surface area contributed by atoms with Gasteiger partial charge >= 0.3 is 24.0 Å². The highest BCUT2D eigenvalue weighted by molar-refractivity contribution is 6.39. The largest absolute Gasteiger partial charge is 0.465 e. The fourth-order valence-electron chi connectivity index (χ4n) is 2.23. The smallest absolute Gasteiger partial charge is 0.417 e. The molecule has 10 heteroatoms. The Morgan fingerprint density at radius 1 is 1.14 bits per heavy atom. The number of aromatic nitrogens is 1. The van der Waals surface area contributed by atoms with E-state index in [9.17, 15) is 27.6 Å². The Bertz CT molecular complexity index is 882. The molecule has 0 aliphatic carbocycles. The summed E-state index contributed by atoms with van der Waals surface area (Å²) in [5.74, 6) is -2.56. The van der Waals surface area contributed by atoms with Crippen LogP contribution in [0, 0.1) is 0 Å². The van der Waals surface area contributed by atoms with Crippen LogP contribution in [0.15, 0.2) is 42.7 Å². The molecule has 1 N–H and O–H groups in total. The van der Waals surface area contributed by atoms with Gasteiger partial charge in [0.15, 0.2) is 0 Å². The molecule has 0 bridgehead atoms. The molecule has 0 saturated carbocycles. The Kier molecular flexibility index (Phi) is 6.34. The Hall–Kier alpha value is -3.43. The number of halogens is 3. The highest BCUT2D eigenvalue weighted by atomic mass is 19.4. The molecule has 0 radical (unpaired) electrons. The average Bonchev–Trinajstić information content (AvgIpc) is 2.66.